The number of likely N-dealkylation sites (N-methyl/N-ethyl adjacent to an activating group) is 1. The molecule has 4 rings (SSSR count). The Balaban J connectivity index is 1.56. The summed E-state index contributed by atoms with van der Waals surface area (Å²) in [5.41, 5.74) is 0.922. The Morgan fingerprint density at radius 3 is 2.53 bits per heavy atom. The van der Waals surface area contributed by atoms with Gasteiger partial charge >= 0.3 is 0 Å². The molecule has 0 bridgehead atoms. The zero-order valence-corrected chi connectivity index (χ0v) is 17.6. The highest BCUT2D eigenvalue weighted by atomic mass is 19.2. The first-order chi connectivity index (χ1) is 14.4. The van der Waals surface area contributed by atoms with Gasteiger partial charge in [-0.25, -0.2) is 23.1 Å². The van der Waals surface area contributed by atoms with Gasteiger partial charge in [0.05, 0.1) is 6.04 Å². The summed E-state index contributed by atoms with van der Waals surface area (Å²) >= 11 is 0. The lowest BCUT2D eigenvalue weighted by molar-refractivity contribution is 0.149. The molecule has 3 heterocycles. The van der Waals surface area contributed by atoms with E-state index in [1.165, 1.54) is 6.92 Å². The number of benzene rings is 1. The van der Waals surface area contributed by atoms with Crippen molar-refractivity contribution in [3.05, 3.63) is 46.5 Å². The number of aromatic nitrogens is 2. The zero-order valence-electron chi connectivity index (χ0n) is 17.6. The van der Waals surface area contributed by atoms with Crippen LogP contribution in [0.1, 0.15) is 22.7 Å². The highest BCUT2D eigenvalue weighted by Gasteiger charge is 2.31. The van der Waals surface area contributed by atoms with E-state index in [1.54, 1.807) is 6.33 Å². The van der Waals surface area contributed by atoms with Crippen molar-refractivity contribution >= 4 is 11.6 Å². The van der Waals surface area contributed by atoms with Gasteiger partial charge in [-0.15, -0.1) is 0 Å². The van der Waals surface area contributed by atoms with E-state index in [-0.39, 0.29) is 11.1 Å². The summed E-state index contributed by atoms with van der Waals surface area (Å²) in [5.74, 6) is -0.942. The first-order valence-electron chi connectivity index (χ1n) is 10.2. The fourth-order valence-electron chi connectivity index (χ4n) is 4.31. The minimum Gasteiger partial charge on any atom is -0.369 e. The molecule has 2 aliphatic rings. The van der Waals surface area contributed by atoms with Gasteiger partial charge in [0.25, 0.3) is 0 Å². The average molecular weight is 420 g/mol. The van der Waals surface area contributed by atoms with E-state index in [2.05, 4.69) is 25.1 Å². The third kappa shape index (κ3) is 3.83. The predicted molar refractivity (Wildman–Crippen MR) is 110 cm³/mol. The van der Waals surface area contributed by atoms with Gasteiger partial charge < -0.3 is 15.1 Å². The number of hydrogen-bond donors (Lipinski definition) is 1. The summed E-state index contributed by atoms with van der Waals surface area (Å²) in [6, 6.07) is 0.710. The molecule has 2 aromatic rings. The van der Waals surface area contributed by atoms with Crippen molar-refractivity contribution in [2.45, 2.75) is 19.4 Å². The summed E-state index contributed by atoms with van der Waals surface area (Å²) in [4.78, 5) is 15.0. The molecule has 6 nitrogen and oxygen atoms in total. The molecule has 9 heteroatoms. The third-order valence-electron chi connectivity index (χ3n) is 5.96. The lowest BCUT2D eigenvalue weighted by Gasteiger charge is -2.41. The number of nitrogens with one attached hydrogen (secondary N) is 1. The molecular formula is C21H27F3N6. The van der Waals surface area contributed by atoms with Gasteiger partial charge in [-0.3, -0.25) is 4.90 Å². The fraction of sp³-hybridized carbons (Fsp3) is 0.524. The molecule has 2 aliphatic heterocycles. The van der Waals surface area contributed by atoms with Crippen molar-refractivity contribution in [2.24, 2.45) is 0 Å². The summed E-state index contributed by atoms with van der Waals surface area (Å²) in [6.07, 6.45) is 2.46. The zero-order chi connectivity index (χ0) is 21.4. The molecule has 162 valence electrons. The van der Waals surface area contributed by atoms with Crippen LogP contribution in [-0.2, 0) is 6.42 Å². The Kier molecular flexibility index (Phi) is 5.84. The Morgan fingerprint density at radius 1 is 1.10 bits per heavy atom. The Labute approximate surface area is 174 Å². The lowest BCUT2D eigenvalue weighted by Crippen LogP contribution is -2.50. The molecule has 1 N–H and O–H groups in total. The van der Waals surface area contributed by atoms with E-state index in [1.807, 2.05) is 19.0 Å². The first-order valence-corrected chi connectivity index (χ1v) is 10.2. The number of fused-ring (bicyclic) bond motifs is 1. The highest BCUT2D eigenvalue weighted by Crippen LogP contribution is 2.32. The maximum atomic E-state index is 14.8. The van der Waals surface area contributed by atoms with Crippen LogP contribution in [0.25, 0.3) is 0 Å². The number of piperazine rings is 1. The molecule has 1 atom stereocenters. The van der Waals surface area contributed by atoms with Gasteiger partial charge in [0.1, 0.15) is 23.8 Å². The highest BCUT2D eigenvalue weighted by molar-refractivity contribution is 5.62. The van der Waals surface area contributed by atoms with Crippen molar-refractivity contribution in [3.63, 3.8) is 0 Å². The van der Waals surface area contributed by atoms with Gasteiger partial charge in [-0.2, -0.15) is 0 Å². The standard InChI is InChI=1S/C21H27F3N6/c1-13-16(22)10-15(19(24)18(13)23)17(11-28(2)3)29-6-8-30(9-7-29)21-14-4-5-25-20(14)26-12-27-21/h10,12,17H,4-9,11H2,1-3H3,(H,25,26,27). The van der Waals surface area contributed by atoms with Crippen molar-refractivity contribution in [3.8, 4) is 0 Å². The normalized spacial score (nSPS) is 17.9. The molecular weight excluding hydrogens is 393 g/mol. The van der Waals surface area contributed by atoms with Gasteiger partial charge in [-0.1, -0.05) is 0 Å². The quantitative estimate of drug-likeness (QED) is 0.751. The second-order valence-corrected chi connectivity index (χ2v) is 8.20. The maximum absolute atomic E-state index is 14.8. The van der Waals surface area contributed by atoms with Crippen LogP contribution >= 0.6 is 0 Å². The SMILES string of the molecule is Cc1c(F)cc(C(CN(C)C)N2CCN(c3ncnc4c3CCN4)CC2)c(F)c1F. The molecule has 0 saturated carbocycles. The summed E-state index contributed by atoms with van der Waals surface area (Å²) in [6.45, 7) is 5.26. The average Bonchev–Trinajstić information content (AvgIpc) is 3.22. The van der Waals surface area contributed by atoms with E-state index in [9.17, 15) is 13.2 Å². The number of anilines is 2. The van der Waals surface area contributed by atoms with E-state index in [4.69, 9.17) is 0 Å². The van der Waals surface area contributed by atoms with Crippen molar-refractivity contribution in [1.82, 2.24) is 19.8 Å². The topological polar surface area (TPSA) is 47.5 Å². The van der Waals surface area contributed by atoms with Crippen molar-refractivity contribution in [1.29, 1.82) is 0 Å². The third-order valence-corrected chi connectivity index (χ3v) is 5.96. The minimum atomic E-state index is -1.10. The lowest BCUT2D eigenvalue weighted by atomic mass is 10.00. The molecule has 0 radical (unpaired) electrons. The smallest absolute Gasteiger partial charge is 0.164 e. The second-order valence-electron chi connectivity index (χ2n) is 8.20. The molecule has 1 aromatic heterocycles. The molecule has 30 heavy (non-hydrogen) atoms. The predicted octanol–water partition coefficient (Wildman–Crippen LogP) is 2.60. The molecule has 1 aromatic carbocycles. The van der Waals surface area contributed by atoms with E-state index >= 15 is 0 Å². The van der Waals surface area contributed by atoms with E-state index in [0.717, 1.165) is 36.2 Å². The Morgan fingerprint density at radius 2 is 1.83 bits per heavy atom. The molecule has 1 unspecified atom stereocenters. The Hall–Kier alpha value is -2.39. The van der Waals surface area contributed by atoms with Crippen LogP contribution in [0.4, 0.5) is 24.8 Å². The molecule has 1 saturated heterocycles. The van der Waals surface area contributed by atoms with Crippen LogP contribution in [0, 0.1) is 24.4 Å². The van der Waals surface area contributed by atoms with Crippen LogP contribution in [0.3, 0.4) is 0 Å². The number of halogens is 3. The van der Waals surface area contributed by atoms with Gasteiger partial charge in [0, 0.05) is 56.0 Å². The van der Waals surface area contributed by atoms with Crippen LogP contribution in [-0.4, -0.2) is 73.1 Å². The second kappa shape index (κ2) is 8.39. The van der Waals surface area contributed by atoms with Crippen molar-refractivity contribution < 1.29 is 13.2 Å². The fourth-order valence-corrected chi connectivity index (χ4v) is 4.31. The largest absolute Gasteiger partial charge is 0.369 e. The number of hydrogen-bond acceptors (Lipinski definition) is 6. The van der Waals surface area contributed by atoms with Gasteiger partial charge in [0.2, 0.25) is 0 Å². The van der Waals surface area contributed by atoms with Crippen LogP contribution < -0.4 is 10.2 Å². The number of nitrogens with zero attached hydrogens (tertiary/aromatic N) is 5. The van der Waals surface area contributed by atoms with E-state index in [0.29, 0.717) is 32.7 Å². The minimum absolute atomic E-state index is 0.0740. The van der Waals surface area contributed by atoms with Crippen LogP contribution in [0.2, 0.25) is 0 Å². The van der Waals surface area contributed by atoms with Crippen LogP contribution in [0.15, 0.2) is 12.4 Å². The summed E-state index contributed by atoms with van der Waals surface area (Å²) in [5, 5.41) is 3.26. The van der Waals surface area contributed by atoms with Crippen LogP contribution in [0.5, 0.6) is 0 Å². The monoisotopic (exact) mass is 420 g/mol. The Bertz CT molecular complexity index is 927. The molecule has 1 fully saturated rings. The van der Waals surface area contributed by atoms with E-state index < -0.39 is 23.5 Å². The van der Waals surface area contributed by atoms with Crippen molar-refractivity contribution in [2.75, 3.05) is 63.6 Å². The maximum Gasteiger partial charge on any atom is 0.164 e. The summed E-state index contributed by atoms with van der Waals surface area (Å²) in [7, 11) is 3.75. The molecule has 0 aliphatic carbocycles. The molecule has 0 amide bonds. The molecule has 0 spiro atoms. The number of rotatable bonds is 5. The van der Waals surface area contributed by atoms with Gasteiger partial charge in [0.15, 0.2) is 11.6 Å². The summed E-state index contributed by atoms with van der Waals surface area (Å²) < 4.78 is 43.2. The first kappa shape index (κ1) is 20.9. The van der Waals surface area contributed by atoms with Gasteiger partial charge in [-0.05, 0) is 33.5 Å².